The van der Waals surface area contributed by atoms with Crippen LogP contribution in [0.2, 0.25) is 5.28 Å². The van der Waals surface area contributed by atoms with E-state index in [0.717, 1.165) is 12.8 Å². The largest absolute Gasteiger partial charge is 0.311 e. The molecular weight excluding hydrogens is 226 g/mol. The summed E-state index contributed by atoms with van der Waals surface area (Å²) in [5.74, 6) is 2.86. The quantitative estimate of drug-likeness (QED) is 0.486. The number of aromatic nitrogens is 2. The van der Waals surface area contributed by atoms with Crippen molar-refractivity contribution in [2.45, 2.75) is 25.7 Å². The first-order valence-corrected chi connectivity index (χ1v) is 5.32. The lowest BCUT2D eigenvalue weighted by Gasteiger charge is -2.03. The summed E-state index contributed by atoms with van der Waals surface area (Å²) >= 11 is 5.58. The Morgan fingerprint density at radius 1 is 1.56 bits per heavy atom. The van der Waals surface area contributed by atoms with Gasteiger partial charge in [0.15, 0.2) is 0 Å². The molecule has 0 aliphatic carbocycles. The highest BCUT2D eigenvalue weighted by molar-refractivity contribution is 6.28. The van der Waals surface area contributed by atoms with Crippen LogP contribution in [-0.4, -0.2) is 15.9 Å². The van der Waals surface area contributed by atoms with Gasteiger partial charge < -0.3 is 5.32 Å². The summed E-state index contributed by atoms with van der Waals surface area (Å²) in [6.07, 6.45) is 9.36. The van der Waals surface area contributed by atoms with Gasteiger partial charge in [-0.2, -0.15) is 0 Å². The number of carbonyl (C=O) groups is 1. The molecule has 1 aromatic rings. The maximum absolute atomic E-state index is 11.4. The molecule has 0 aromatic carbocycles. The van der Waals surface area contributed by atoms with Crippen molar-refractivity contribution in [3.63, 3.8) is 0 Å². The van der Waals surface area contributed by atoms with Gasteiger partial charge in [0.2, 0.25) is 11.2 Å². The second kappa shape index (κ2) is 6.81. The van der Waals surface area contributed by atoms with Gasteiger partial charge in [0, 0.05) is 19.0 Å². The molecule has 0 unspecified atom stereocenters. The van der Waals surface area contributed by atoms with Gasteiger partial charge in [-0.25, -0.2) is 9.97 Å². The number of nitrogens with zero attached hydrogens (tertiary/aromatic N) is 2. The molecule has 1 rings (SSSR count). The Kier molecular flexibility index (Phi) is 5.30. The van der Waals surface area contributed by atoms with Gasteiger partial charge in [0.1, 0.15) is 5.82 Å². The molecule has 5 heteroatoms. The summed E-state index contributed by atoms with van der Waals surface area (Å²) in [7, 11) is 0. The lowest BCUT2D eigenvalue weighted by molar-refractivity contribution is -0.116. The minimum Gasteiger partial charge on any atom is -0.311 e. The topological polar surface area (TPSA) is 54.9 Å². The molecule has 0 spiro atoms. The van der Waals surface area contributed by atoms with E-state index in [1.54, 1.807) is 6.07 Å². The van der Waals surface area contributed by atoms with E-state index in [9.17, 15) is 4.79 Å². The van der Waals surface area contributed by atoms with Crippen LogP contribution in [0.4, 0.5) is 5.82 Å². The molecule has 0 aliphatic heterocycles. The van der Waals surface area contributed by atoms with Crippen LogP contribution in [0.5, 0.6) is 0 Å². The standard InChI is InChI=1S/C11H12ClN3O/c1-2-3-4-5-6-10(16)14-9-7-8-13-11(12)15-9/h1,7-8H,3-6H2,(H,13,14,15,16). The zero-order valence-corrected chi connectivity index (χ0v) is 9.50. The zero-order valence-electron chi connectivity index (χ0n) is 8.74. The number of terminal acetylenes is 1. The van der Waals surface area contributed by atoms with E-state index in [1.165, 1.54) is 6.20 Å². The van der Waals surface area contributed by atoms with Crippen molar-refractivity contribution in [3.8, 4) is 12.3 Å². The van der Waals surface area contributed by atoms with Crippen molar-refractivity contribution < 1.29 is 4.79 Å². The Balaban J connectivity index is 2.32. The molecule has 16 heavy (non-hydrogen) atoms. The number of amides is 1. The molecule has 1 amide bonds. The summed E-state index contributed by atoms with van der Waals surface area (Å²) in [4.78, 5) is 19.0. The third-order valence-electron chi connectivity index (χ3n) is 1.87. The monoisotopic (exact) mass is 237 g/mol. The first kappa shape index (κ1) is 12.5. The molecule has 0 atom stereocenters. The number of anilines is 1. The number of halogens is 1. The molecule has 0 bridgehead atoms. The SMILES string of the molecule is C#CCCCCC(=O)Nc1ccnc(Cl)n1. The molecule has 0 saturated carbocycles. The fraction of sp³-hybridized carbons (Fsp3) is 0.364. The van der Waals surface area contributed by atoms with Crippen molar-refractivity contribution >= 4 is 23.3 Å². The number of unbranched alkanes of at least 4 members (excludes halogenated alkanes) is 2. The minimum atomic E-state index is -0.0909. The molecule has 4 nitrogen and oxygen atoms in total. The van der Waals surface area contributed by atoms with E-state index in [2.05, 4.69) is 21.2 Å². The number of rotatable bonds is 5. The summed E-state index contributed by atoms with van der Waals surface area (Å²) in [5.41, 5.74) is 0. The highest BCUT2D eigenvalue weighted by Gasteiger charge is 2.03. The maximum atomic E-state index is 11.4. The average Bonchev–Trinajstić information content (AvgIpc) is 2.24. The van der Waals surface area contributed by atoms with Gasteiger partial charge in [-0.1, -0.05) is 0 Å². The van der Waals surface area contributed by atoms with Crippen molar-refractivity contribution in [1.29, 1.82) is 0 Å². The van der Waals surface area contributed by atoms with Gasteiger partial charge in [-0.05, 0) is 30.5 Å². The van der Waals surface area contributed by atoms with Gasteiger partial charge in [0.25, 0.3) is 0 Å². The summed E-state index contributed by atoms with van der Waals surface area (Å²) in [6, 6.07) is 1.59. The van der Waals surface area contributed by atoms with Crippen LogP contribution in [0, 0.1) is 12.3 Å². The number of hydrogen-bond acceptors (Lipinski definition) is 3. The van der Waals surface area contributed by atoms with Gasteiger partial charge in [-0.15, -0.1) is 12.3 Å². The predicted molar refractivity (Wildman–Crippen MR) is 63.0 cm³/mol. The first-order chi connectivity index (χ1) is 7.72. The number of hydrogen-bond donors (Lipinski definition) is 1. The molecule has 0 radical (unpaired) electrons. The Morgan fingerprint density at radius 3 is 3.06 bits per heavy atom. The van der Waals surface area contributed by atoms with Crippen molar-refractivity contribution in [2.24, 2.45) is 0 Å². The Labute approximate surface area is 99.4 Å². The third kappa shape index (κ3) is 4.76. The van der Waals surface area contributed by atoms with E-state index in [1.807, 2.05) is 0 Å². The molecule has 84 valence electrons. The highest BCUT2D eigenvalue weighted by Crippen LogP contribution is 2.07. The van der Waals surface area contributed by atoms with E-state index in [-0.39, 0.29) is 11.2 Å². The van der Waals surface area contributed by atoms with Crippen LogP contribution in [0.25, 0.3) is 0 Å². The lowest BCUT2D eigenvalue weighted by Crippen LogP contribution is -2.12. The molecule has 0 fully saturated rings. The summed E-state index contributed by atoms with van der Waals surface area (Å²) < 4.78 is 0. The second-order valence-electron chi connectivity index (χ2n) is 3.17. The molecule has 0 saturated heterocycles. The highest BCUT2D eigenvalue weighted by atomic mass is 35.5. The molecular formula is C11H12ClN3O. The van der Waals surface area contributed by atoms with Gasteiger partial charge >= 0.3 is 0 Å². The third-order valence-corrected chi connectivity index (χ3v) is 2.05. The fourth-order valence-corrected chi connectivity index (χ4v) is 1.27. The normalized spacial score (nSPS) is 9.50. The van der Waals surface area contributed by atoms with Crippen LogP contribution in [0.3, 0.4) is 0 Å². The Morgan fingerprint density at radius 2 is 2.38 bits per heavy atom. The molecule has 1 aromatic heterocycles. The van der Waals surface area contributed by atoms with E-state index in [4.69, 9.17) is 18.0 Å². The van der Waals surface area contributed by atoms with Crippen LogP contribution in [-0.2, 0) is 4.79 Å². The van der Waals surface area contributed by atoms with Gasteiger partial charge in [0.05, 0.1) is 0 Å². The van der Waals surface area contributed by atoms with Crippen LogP contribution in [0.1, 0.15) is 25.7 Å². The van der Waals surface area contributed by atoms with E-state index in [0.29, 0.717) is 18.7 Å². The van der Waals surface area contributed by atoms with Crippen LogP contribution >= 0.6 is 11.6 Å². The van der Waals surface area contributed by atoms with Crippen LogP contribution < -0.4 is 5.32 Å². The van der Waals surface area contributed by atoms with E-state index < -0.39 is 0 Å². The average molecular weight is 238 g/mol. The molecule has 1 heterocycles. The fourth-order valence-electron chi connectivity index (χ4n) is 1.12. The van der Waals surface area contributed by atoms with Crippen molar-refractivity contribution in [1.82, 2.24) is 9.97 Å². The number of carbonyl (C=O) groups excluding carboxylic acids is 1. The summed E-state index contributed by atoms with van der Waals surface area (Å²) in [6.45, 7) is 0. The second-order valence-corrected chi connectivity index (χ2v) is 3.51. The smallest absolute Gasteiger partial charge is 0.225 e. The van der Waals surface area contributed by atoms with Crippen molar-refractivity contribution in [2.75, 3.05) is 5.32 Å². The number of nitrogens with one attached hydrogen (secondary N) is 1. The molecule has 1 N–H and O–H groups in total. The minimum absolute atomic E-state index is 0.0909. The summed E-state index contributed by atoms with van der Waals surface area (Å²) in [5, 5.41) is 2.75. The van der Waals surface area contributed by atoms with E-state index >= 15 is 0 Å². The zero-order chi connectivity index (χ0) is 11.8. The maximum Gasteiger partial charge on any atom is 0.225 e. The molecule has 0 aliphatic rings. The lowest BCUT2D eigenvalue weighted by atomic mass is 10.2. The van der Waals surface area contributed by atoms with Gasteiger partial charge in [-0.3, -0.25) is 4.79 Å². The Bertz CT molecular complexity index is 400. The van der Waals surface area contributed by atoms with Crippen LogP contribution in [0.15, 0.2) is 12.3 Å². The van der Waals surface area contributed by atoms with Crippen molar-refractivity contribution in [3.05, 3.63) is 17.5 Å². The predicted octanol–water partition coefficient (Wildman–Crippen LogP) is 2.26. The first-order valence-electron chi connectivity index (χ1n) is 4.94. The Hall–Kier alpha value is -1.60.